The van der Waals surface area contributed by atoms with Crippen LogP contribution in [0.25, 0.3) is 0 Å². The van der Waals surface area contributed by atoms with Crippen molar-refractivity contribution < 1.29 is 8.78 Å². The highest BCUT2D eigenvalue weighted by atomic mass is 79.9. The Morgan fingerprint density at radius 3 is 2.11 bits per heavy atom. The Hall–Kier alpha value is -1.33. The highest BCUT2D eigenvalue weighted by Gasteiger charge is 2.08. The molecular weight excluding hydrogens is 325 g/mol. The van der Waals surface area contributed by atoms with Crippen LogP contribution in [-0.4, -0.2) is 0 Å². The second-order valence-corrected chi connectivity index (χ2v) is 4.71. The molecule has 2 nitrogen and oxygen atoms in total. The van der Waals surface area contributed by atoms with Gasteiger partial charge in [0.2, 0.25) is 0 Å². The number of benzene rings is 2. The average molecular weight is 334 g/mol. The quantitative estimate of drug-likeness (QED) is 0.787. The van der Waals surface area contributed by atoms with E-state index < -0.39 is 11.6 Å². The van der Waals surface area contributed by atoms with E-state index in [2.05, 4.69) is 26.8 Å². The summed E-state index contributed by atoms with van der Waals surface area (Å²) in [7, 11) is 0. The second-order valence-electron chi connectivity index (χ2n) is 3.45. The molecule has 2 aromatic rings. The zero-order chi connectivity index (χ0) is 13.1. The zero-order valence-corrected chi connectivity index (χ0v) is 11.3. The molecule has 0 heterocycles. The Bertz CT molecular complexity index is 526. The molecule has 2 aromatic carbocycles. The van der Waals surface area contributed by atoms with Crippen LogP contribution in [0.5, 0.6) is 0 Å². The van der Waals surface area contributed by atoms with Gasteiger partial charge in [0.05, 0.1) is 20.9 Å². The minimum absolute atomic E-state index is 0.00323. The molecule has 0 amide bonds. The van der Waals surface area contributed by atoms with Crippen molar-refractivity contribution in [2.45, 2.75) is 0 Å². The first kappa shape index (κ1) is 13.1. The van der Waals surface area contributed by atoms with Crippen LogP contribution in [0.15, 0.2) is 40.9 Å². The highest BCUT2D eigenvalue weighted by Crippen LogP contribution is 2.25. The summed E-state index contributed by atoms with van der Waals surface area (Å²) in [5.74, 6) is -1.06. The fourth-order valence-corrected chi connectivity index (χ4v) is 1.88. The van der Waals surface area contributed by atoms with Crippen LogP contribution in [0, 0.1) is 11.6 Å². The molecule has 0 saturated heterocycles. The third-order valence-electron chi connectivity index (χ3n) is 2.24. The number of rotatable bonds is 3. The molecule has 0 fully saturated rings. The minimum Gasteiger partial charge on any atom is -0.298 e. The second kappa shape index (κ2) is 5.54. The van der Waals surface area contributed by atoms with Crippen molar-refractivity contribution in [1.29, 1.82) is 0 Å². The Labute approximate surface area is 116 Å². The van der Waals surface area contributed by atoms with Crippen LogP contribution in [0.4, 0.5) is 20.2 Å². The fraction of sp³-hybridized carbons (Fsp3) is 0. The molecule has 0 saturated carbocycles. The first-order valence-electron chi connectivity index (χ1n) is 4.99. The van der Waals surface area contributed by atoms with Gasteiger partial charge in [-0.05, 0) is 40.2 Å². The van der Waals surface area contributed by atoms with E-state index >= 15 is 0 Å². The molecule has 2 N–H and O–H groups in total. The van der Waals surface area contributed by atoms with Crippen molar-refractivity contribution in [3.63, 3.8) is 0 Å². The van der Waals surface area contributed by atoms with Gasteiger partial charge in [-0.3, -0.25) is 10.9 Å². The molecule has 0 radical (unpaired) electrons. The van der Waals surface area contributed by atoms with E-state index in [1.807, 2.05) is 0 Å². The molecule has 0 bridgehead atoms. The third-order valence-corrected chi connectivity index (χ3v) is 3.14. The molecule has 0 unspecified atom stereocenters. The van der Waals surface area contributed by atoms with Crippen molar-refractivity contribution in [2.24, 2.45) is 0 Å². The molecule has 0 aliphatic rings. The van der Waals surface area contributed by atoms with Crippen LogP contribution in [-0.2, 0) is 0 Å². The molecule has 6 heteroatoms. The SMILES string of the molecule is Fc1c(Cl)cccc1NNc1cccc(Br)c1F. The summed E-state index contributed by atoms with van der Waals surface area (Å²) in [5.41, 5.74) is 5.49. The monoisotopic (exact) mass is 332 g/mol. The van der Waals surface area contributed by atoms with E-state index in [1.54, 1.807) is 18.2 Å². The van der Waals surface area contributed by atoms with Gasteiger partial charge in [0.15, 0.2) is 11.6 Å². The first-order chi connectivity index (χ1) is 8.59. The van der Waals surface area contributed by atoms with E-state index in [4.69, 9.17) is 11.6 Å². The summed E-state index contributed by atoms with van der Waals surface area (Å²) in [4.78, 5) is 0. The van der Waals surface area contributed by atoms with Gasteiger partial charge in [0, 0.05) is 0 Å². The molecule has 0 aliphatic heterocycles. The standard InChI is InChI=1S/C12H8BrClF2N2/c13-7-3-1-5-9(11(7)15)17-18-10-6-2-4-8(14)12(10)16/h1-6,17-18H. The molecule has 0 atom stereocenters. The van der Waals surface area contributed by atoms with Crippen molar-refractivity contribution in [3.8, 4) is 0 Å². The Kier molecular flexibility index (Phi) is 4.04. The maximum Gasteiger partial charge on any atom is 0.166 e. The molecule has 18 heavy (non-hydrogen) atoms. The van der Waals surface area contributed by atoms with Gasteiger partial charge in [-0.2, -0.15) is 0 Å². The number of nitrogens with one attached hydrogen (secondary N) is 2. The lowest BCUT2D eigenvalue weighted by Gasteiger charge is -2.12. The largest absolute Gasteiger partial charge is 0.298 e. The average Bonchev–Trinajstić information content (AvgIpc) is 2.36. The van der Waals surface area contributed by atoms with E-state index in [-0.39, 0.29) is 16.4 Å². The number of halogens is 4. The Balaban J connectivity index is 2.17. The lowest BCUT2D eigenvalue weighted by Crippen LogP contribution is -2.11. The Morgan fingerprint density at radius 1 is 0.889 bits per heavy atom. The number of hydrazine groups is 1. The van der Waals surface area contributed by atoms with E-state index in [1.165, 1.54) is 18.2 Å². The maximum atomic E-state index is 13.6. The normalized spacial score (nSPS) is 10.2. The molecular formula is C12H8BrClF2N2. The summed E-state index contributed by atoms with van der Waals surface area (Å²) in [5, 5.41) is -0.00323. The smallest absolute Gasteiger partial charge is 0.166 e. The van der Waals surface area contributed by atoms with E-state index in [9.17, 15) is 8.78 Å². The van der Waals surface area contributed by atoms with Gasteiger partial charge < -0.3 is 0 Å². The van der Waals surface area contributed by atoms with Crippen LogP contribution in [0.3, 0.4) is 0 Å². The number of hydrogen-bond donors (Lipinski definition) is 2. The van der Waals surface area contributed by atoms with Crippen LogP contribution >= 0.6 is 27.5 Å². The summed E-state index contributed by atoms with van der Waals surface area (Å²) >= 11 is 8.69. The van der Waals surface area contributed by atoms with Gasteiger partial charge in [0.1, 0.15) is 0 Å². The maximum absolute atomic E-state index is 13.6. The fourth-order valence-electron chi connectivity index (χ4n) is 1.34. The van der Waals surface area contributed by atoms with E-state index in [0.29, 0.717) is 4.47 Å². The lowest BCUT2D eigenvalue weighted by atomic mass is 10.3. The summed E-state index contributed by atoms with van der Waals surface area (Å²) < 4.78 is 27.5. The molecule has 94 valence electrons. The first-order valence-corrected chi connectivity index (χ1v) is 6.16. The van der Waals surface area contributed by atoms with Gasteiger partial charge in [-0.25, -0.2) is 8.78 Å². The van der Waals surface area contributed by atoms with Gasteiger partial charge in [0.25, 0.3) is 0 Å². The van der Waals surface area contributed by atoms with Crippen LogP contribution < -0.4 is 10.9 Å². The zero-order valence-electron chi connectivity index (χ0n) is 8.98. The van der Waals surface area contributed by atoms with Gasteiger partial charge >= 0.3 is 0 Å². The van der Waals surface area contributed by atoms with Crippen molar-refractivity contribution in [3.05, 3.63) is 57.5 Å². The van der Waals surface area contributed by atoms with Gasteiger partial charge in [-0.15, -0.1) is 0 Å². The molecule has 0 spiro atoms. The molecule has 2 rings (SSSR count). The van der Waals surface area contributed by atoms with Gasteiger partial charge in [-0.1, -0.05) is 23.7 Å². The van der Waals surface area contributed by atoms with Crippen LogP contribution in [0.2, 0.25) is 5.02 Å². The van der Waals surface area contributed by atoms with Crippen molar-refractivity contribution in [1.82, 2.24) is 0 Å². The predicted octanol–water partition coefficient (Wildman–Crippen LogP) is 4.82. The van der Waals surface area contributed by atoms with Crippen molar-refractivity contribution in [2.75, 3.05) is 10.9 Å². The highest BCUT2D eigenvalue weighted by molar-refractivity contribution is 9.10. The third kappa shape index (κ3) is 2.73. The lowest BCUT2D eigenvalue weighted by molar-refractivity contribution is 0.623. The minimum atomic E-state index is -0.595. The van der Waals surface area contributed by atoms with E-state index in [0.717, 1.165) is 0 Å². The topological polar surface area (TPSA) is 24.1 Å². The number of hydrogen-bond acceptors (Lipinski definition) is 2. The molecule has 0 aromatic heterocycles. The summed E-state index contributed by atoms with van der Waals surface area (Å²) in [6.45, 7) is 0. The summed E-state index contributed by atoms with van der Waals surface area (Å²) in [6.07, 6.45) is 0. The van der Waals surface area contributed by atoms with Crippen LogP contribution in [0.1, 0.15) is 0 Å². The Morgan fingerprint density at radius 2 is 1.44 bits per heavy atom. The van der Waals surface area contributed by atoms with Crippen molar-refractivity contribution >= 4 is 38.9 Å². The summed E-state index contributed by atoms with van der Waals surface area (Å²) in [6, 6.07) is 9.26. The molecule has 0 aliphatic carbocycles. The number of anilines is 2. The predicted molar refractivity (Wildman–Crippen MR) is 72.8 cm³/mol.